The van der Waals surface area contributed by atoms with E-state index in [2.05, 4.69) is 16.0 Å². The number of fused-ring (bicyclic) bond motifs is 1. The predicted molar refractivity (Wildman–Crippen MR) is 103 cm³/mol. The minimum absolute atomic E-state index is 0.00881. The van der Waals surface area contributed by atoms with Crippen LogP contribution >= 0.6 is 0 Å². The van der Waals surface area contributed by atoms with Crippen LogP contribution in [0.3, 0.4) is 0 Å². The molecule has 6 N–H and O–H groups in total. The number of nitrogens with one attached hydrogen (secondary N) is 3. The average molecular weight is 420 g/mol. The molecule has 2 rings (SSSR count). The summed E-state index contributed by atoms with van der Waals surface area (Å²) in [5.74, 6) is -3.93. The molecule has 162 valence electrons. The summed E-state index contributed by atoms with van der Waals surface area (Å²) in [4.78, 5) is 60.1. The lowest BCUT2D eigenvalue weighted by atomic mass is 10.1. The van der Waals surface area contributed by atoms with Crippen LogP contribution in [0, 0.1) is 0 Å². The zero-order valence-corrected chi connectivity index (χ0v) is 16.3. The molecule has 1 aromatic rings. The molecule has 1 aromatic carbocycles. The number of amides is 4. The van der Waals surface area contributed by atoms with Crippen LogP contribution in [0.25, 0.3) is 0 Å². The number of aliphatic carboxylic acids is 1. The molecule has 3 atom stereocenters. The summed E-state index contributed by atoms with van der Waals surface area (Å²) in [6.07, 6.45) is -0.830. The van der Waals surface area contributed by atoms with Crippen LogP contribution in [0.15, 0.2) is 24.3 Å². The molecular formula is C19H24N4O7. The van der Waals surface area contributed by atoms with Crippen molar-refractivity contribution in [3.8, 4) is 5.75 Å². The van der Waals surface area contributed by atoms with Crippen molar-refractivity contribution in [3.63, 3.8) is 0 Å². The third kappa shape index (κ3) is 6.47. The first-order valence-corrected chi connectivity index (χ1v) is 9.31. The SMILES string of the molecule is C[C@@H]1COc2ccccc2C(=O)N[C@H](C(=O)O)CC(=O)N[C@@H](CCC(N)=O)C(=O)N1. The number of primary amides is 1. The largest absolute Gasteiger partial charge is 0.491 e. The Morgan fingerprint density at radius 3 is 2.53 bits per heavy atom. The number of hydrogen-bond donors (Lipinski definition) is 5. The van der Waals surface area contributed by atoms with Crippen molar-refractivity contribution < 1.29 is 33.8 Å². The van der Waals surface area contributed by atoms with Gasteiger partial charge in [0.1, 0.15) is 24.4 Å². The quantitative estimate of drug-likeness (QED) is 0.411. The van der Waals surface area contributed by atoms with Crippen molar-refractivity contribution in [2.24, 2.45) is 5.73 Å². The minimum atomic E-state index is -1.53. The van der Waals surface area contributed by atoms with Gasteiger partial charge in [-0.3, -0.25) is 19.2 Å². The summed E-state index contributed by atoms with van der Waals surface area (Å²) < 4.78 is 5.63. The Labute approximate surface area is 172 Å². The number of hydrogen-bond acceptors (Lipinski definition) is 6. The van der Waals surface area contributed by atoms with Crippen molar-refractivity contribution in [1.82, 2.24) is 16.0 Å². The van der Waals surface area contributed by atoms with Gasteiger partial charge in [-0.25, -0.2) is 4.79 Å². The molecule has 0 spiro atoms. The van der Waals surface area contributed by atoms with Crippen LogP contribution in [0.4, 0.5) is 0 Å². The normalized spacial score (nSPS) is 23.0. The number of nitrogens with two attached hydrogens (primary N) is 1. The molecule has 1 aliphatic rings. The third-order valence-electron chi connectivity index (χ3n) is 4.33. The summed E-state index contributed by atoms with van der Waals surface area (Å²) in [6, 6.07) is 3.09. The fraction of sp³-hybridized carbons (Fsp3) is 0.421. The first kappa shape index (κ1) is 22.7. The van der Waals surface area contributed by atoms with E-state index in [1.165, 1.54) is 12.1 Å². The molecule has 0 saturated heterocycles. The molecular weight excluding hydrogens is 396 g/mol. The van der Waals surface area contributed by atoms with Crippen LogP contribution in [-0.4, -0.2) is 59.4 Å². The first-order valence-electron chi connectivity index (χ1n) is 9.31. The number of carboxylic acid groups (broad SMARTS) is 1. The molecule has 11 heteroatoms. The van der Waals surface area contributed by atoms with Crippen LogP contribution in [-0.2, 0) is 19.2 Å². The molecule has 0 bridgehead atoms. The Hall–Kier alpha value is -3.63. The minimum Gasteiger partial charge on any atom is -0.491 e. The van der Waals surface area contributed by atoms with E-state index >= 15 is 0 Å². The standard InChI is InChI=1S/C19H24N4O7/c1-10-9-30-14-5-3-2-4-11(14)17(26)23-13(19(28)29)8-16(25)22-12(18(27)21-10)6-7-15(20)24/h2-5,10,12-13H,6-9H2,1H3,(H2,20,24)(H,21,27)(H,22,25)(H,23,26)(H,28,29)/t10-,12+,13+/m1/s1. The van der Waals surface area contributed by atoms with Gasteiger partial charge in [0.15, 0.2) is 0 Å². The van der Waals surface area contributed by atoms with E-state index in [1.54, 1.807) is 19.1 Å². The lowest BCUT2D eigenvalue weighted by molar-refractivity contribution is -0.141. The maximum absolute atomic E-state index is 12.6. The fourth-order valence-corrected chi connectivity index (χ4v) is 2.81. The second kappa shape index (κ2) is 10.2. The number of carbonyl (C=O) groups is 5. The van der Waals surface area contributed by atoms with E-state index in [9.17, 15) is 29.1 Å². The van der Waals surface area contributed by atoms with Crippen LogP contribution in [0.2, 0.25) is 0 Å². The molecule has 0 saturated carbocycles. The van der Waals surface area contributed by atoms with E-state index < -0.39 is 54.1 Å². The highest BCUT2D eigenvalue weighted by Gasteiger charge is 2.29. The molecule has 0 aromatic heterocycles. The molecule has 4 amide bonds. The van der Waals surface area contributed by atoms with Crippen molar-refractivity contribution in [1.29, 1.82) is 0 Å². The Morgan fingerprint density at radius 1 is 1.17 bits per heavy atom. The van der Waals surface area contributed by atoms with Gasteiger partial charge in [-0.2, -0.15) is 0 Å². The van der Waals surface area contributed by atoms with E-state index in [0.717, 1.165) is 0 Å². The van der Waals surface area contributed by atoms with Crippen molar-refractivity contribution in [2.45, 2.75) is 44.3 Å². The molecule has 1 aliphatic heterocycles. The third-order valence-corrected chi connectivity index (χ3v) is 4.33. The van der Waals surface area contributed by atoms with Crippen molar-refractivity contribution >= 4 is 29.6 Å². The number of para-hydroxylation sites is 1. The van der Waals surface area contributed by atoms with Crippen molar-refractivity contribution in [3.05, 3.63) is 29.8 Å². The molecule has 30 heavy (non-hydrogen) atoms. The van der Waals surface area contributed by atoms with E-state index in [4.69, 9.17) is 10.5 Å². The maximum Gasteiger partial charge on any atom is 0.326 e. The Balaban J connectivity index is 2.32. The lowest BCUT2D eigenvalue weighted by Crippen LogP contribution is -2.52. The Kier molecular flexibility index (Phi) is 7.73. The number of carbonyl (C=O) groups excluding carboxylic acids is 4. The van der Waals surface area contributed by atoms with Gasteiger partial charge in [0.05, 0.1) is 18.0 Å². The van der Waals surface area contributed by atoms with E-state index in [1.807, 2.05) is 0 Å². The van der Waals surface area contributed by atoms with Gasteiger partial charge >= 0.3 is 5.97 Å². The van der Waals surface area contributed by atoms with Gasteiger partial charge in [-0.1, -0.05) is 12.1 Å². The first-order chi connectivity index (χ1) is 14.2. The van der Waals surface area contributed by atoms with Gasteiger partial charge in [-0.05, 0) is 25.5 Å². The van der Waals surface area contributed by atoms with Crippen LogP contribution in [0.5, 0.6) is 5.75 Å². The smallest absolute Gasteiger partial charge is 0.326 e. The van der Waals surface area contributed by atoms with Crippen molar-refractivity contribution in [2.75, 3.05) is 6.61 Å². The Morgan fingerprint density at radius 2 is 1.87 bits per heavy atom. The molecule has 0 radical (unpaired) electrons. The summed E-state index contributed by atoms with van der Waals surface area (Å²) in [5.41, 5.74) is 5.22. The predicted octanol–water partition coefficient (Wildman–Crippen LogP) is -1.09. The zero-order valence-electron chi connectivity index (χ0n) is 16.3. The highest BCUT2D eigenvalue weighted by molar-refractivity contribution is 6.00. The number of carboxylic acids is 1. The maximum atomic E-state index is 12.6. The summed E-state index contributed by atoms with van der Waals surface area (Å²) in [6.45, 7) is 1.68. The average Bonchev–Trinajstić information content (AvgIpc) is 2.68. The fourth-order valence-electron chi connectivity index (χ4n) is 2.81. The number of benzene rings is 1. The highest BCUT2D eigenvalue weighted by Crippen LogP contribution is 2.18. The summed E-state index contributed by atoms with van der Waals surface area (Å²) in [5, 5.41) is 16.7. The van der Waals surface area contributed by atoms with Crippen LogP contribution in [0.1, 0.15) is 36.5 Å². The molecule has 11 nitrogen and oxygen atoms in total. The summed E-state index contributed by atoms with van der Waals surface area (Å²) in [7, 11) is 0. The zero-order chi connectivity index (χ0) is 22.3. The summed E-state index contributed by atoms with van der Waals surface area (Å²) >= 11 is 0. The lowest BCUT2D eigenvalue weighted by Gasteiger charge is -2.23. The van der Waals surface area contributed by atoms with Gasteiger partial charge in [0, 0.05) is 6.42 Å². The topological polar surface area (TPSA) is 177 Å². The molecule has 1 heterocycles. The highest BCUT2D eigenvalue weighted by atomic mass is 16.5. The molecule has 0 unspecified atom stereocenters. The van der Waals surface area contributed by atoms with Gasteiger partial charge < -0.3 is 31.5 Å². The van der Waals surface area contributed by atoms with Gasteiger partial charge in [0.2, 0.25) is 17.7 Å². The second-order valence-electron chi connectivity index (χ2n) is 6.91. The Bertz CT molecular complexity index is 842. The molecule has 0 fully saturated rings. The van der Waals surface area contributed by atoms with E-state index in [-0.39, 0.29) is 30.8 Å². The van der Waals surface area contributed by atoms with E-state index in [0.29, 0.717) is 0 Å². The van der Waals surface area contributed by atoms with Crippen LogP contribution < -0.4 is 26.4 Å². The van der Waals surface area contributed by atoms with Gasteiger partial charge in [-0.15, -0.1) is 0 Å². The molecule has 0 aliphatic carbocycles. The second-order valence-corrected chi connectivity index (χ2v) is 6.91. The van der Waals surface area contributed by atoms with Gasteiger partial charge in [0.25, 0.3) is 5.91 Å². The number of rotatable bonds is 4. The monoisotopic (exact) mass is 420 g/mol. The number of ether oxygens (including phenoxy) is 1.